The molecule has 0 aliphatic rings. The van der Waals surface area contributed by atoms with Crippen molar-refractivity contribution < 1.29 is 9.90 Å². The van der Waals surface area contributed by atoms with Crippen LogP contribution in [-0.2, 0) is 4.79 Å². The Bertz CT molecular complexity index is 167. The topological polar surface area (TPSA) is 61.4 Å². The zero-order valence-corrected chi connectivity index (χ0v) is 8.85. The molecule has 4 heteroatoms. The molecule has 0 radical (unpaired) electrons. The molecule has 0 aliphatic carbocycles. The van der Waals surface area contributed by atoms with Crippen molar-refractivity contribution in [2.24, 2.45) is 0 Å². The fraction of sp³-hybridized carbons (Fsp3) is 0.889. The Morgan fingerprint density at radius 1 is 1.62 bits per heavy atom. The van der Waals surface area contributed by atoms with Gasteiger partial charge in [-0.1, -0.05) is 6.92 Å². The summed E-state index contributed by atoms with van der Waals surface area (Å²) in [6, 6.07) is -0.225. The maximum Gasteiger partial charge on any atom is 0.237 e. The van der Waals surface area contributed by atoms with Gasteiger partial charge in [0.15, 0.2) is 0 Å². The van der Waals surface area contributed by atoms with Crippen LogP contribution in [0.4, 0.5) is 0 Å². The van der Waals surface area contributed by atoms with E-state index in [1.807, 2.05) is 13.8 Å². The first-order valence-electron chi connectivity index (χ1n) is 4.59. The van der Waals surface area contributed by atoms with Gasteiger partial charge in [-0.05, 0) is 27.3 Å². The molecule has 0 fully saturated rings. The summed E-state index contributed by atoms with van der Waals surface area (Å²) >= 11 is 0. The van der Waals surface area contributed by atoms with Crippen LogP contribution in [0.25, 0.3) is 0 Å². The van der Waals surface area contributed by atoms with E-state index in [9.17, 15) is 4.79 Å². The van der Waals surface area contributed by atoms with E-state index in [0.717, 1.165) is 0 Å². The molecule has 0 aliphatic heterocycles. The number of nitrogens with one attached hydrogen (secondary N) is 2. The number of hydrogen-bond acceptors (Lipinski definition) is 3. The molecule has 0 aromatic heterocycles. The van der Waals surface area contributed by atoms with Gasteiger partial charge in [0.1, 0.15) is 0 Å². The summed E-state index contributed by atoms with van der Waals surface area (Å²) < 4.78 is 0. The van der Waals surface area contributed by atoms with Crippen LogP contribution >= 0.6 is 0 Å². The molecular weight excluding hydrogens is 168 g/mol. The lowest BCUT2D eigenvalue weighted by Crippen LogP contribution is -2.53. The molecule has 78 valence electrons. The quantitative estimate of drug-likeness (QED) is 0.563. The molecule has 0 rings (SSSR count). The smallest absolute Gasteiger partial charge is 0.237 e. The van der Waals surface area contributed by atoms with Gasteiger partial charge in [0.25, 0.3) is 0 Å². The Balaban J connectivity index is 4.17. The normalized spacial score (nSPS) is 17.6. The third kappa shape index (κ3) is 3.74. The van der Waals surface area contributed by atoms with E-state index in [1.165, 1.54) is 0 Å². The van der Waals surface area contributed by atoms with Crippen molar-refractivity contribution in [2.75, 3.05) is 13.7 Å². The van der Waals surface area contributed by atoms with Crippen molar-refractivity contribution in [3.05, 3.63) is 0 Å². The predicted octanol–water partition coefficient (Wildman–Crippen LogP) is -0.128. The first kappa shape index (κ1) is 12.4. The van der Waals surface area contributed by atoms with E-state index in [-0.39, 0.29) is 18.6 Å². The van der Waals surface area contributed by atoms with Gasteiger partial charge in [0, 0.05) is 0 Å². The summed E-state index contributed by atoms with van der Waals surface area (Å²) in [5.41, 5.74) is -0.498. The van der Waals surface area contributed by atoms with Gasteiger partial charge in [-0.15, -0.1) is 0 Å². The Kier molecular flexibility index (Phi) is 4.95. The van der Waals surface area contributed by atoms with Gasteiger partial charge in [0.05, 0.1) is 18.2 Å². The molecule has 0 spiro atoms. The number of hydrogen-bond donors (Lipinski definition) is 3. The summed E-state index contributed by atoms with van der Waals surface area (Å²) in [4.78, 5) is 11.4. The maximum atomic E-state index is 11.4. The summed E-state index contributed by atoms with van der Waals surface area (Å²) in [5, 5.41) is 14.7. The molecular formula is C9H20N2O2. The second-order valence-electron chi connectivity index (χ2n) is 3.57. The third-order valence-electron chi connectivity index (χ3n) is 2.38. The molecule has 2 unspecified atom stereocenters. The van der Waals surface area contributed by atoms with Crippen molar-refractivity contribution in [3.63, 3.8) is 0 Å². The van der Waals surface area contributed by atoms with Crippen molar-refractivity contribution in [3.8, 4) is 0 Å². The van der Waals surface area contributed by atoms with Gasteiger partial charge in [-0.25, -0.2) is 0 Å². The van der Waals surface area contributed by atoms with Crippen LogP contribution in [0.2, 0.25) is 0 Å². The number of carbonyl (C=O) groups excluding carboxylic acids is 1. The summed E-state index contributed by atoms with van der Waals surface area (Å²) in [6.45, 7) is 5.50. The lowest BCUT2D eigenvalue weighted by atomic mass is 10.00. The van der Waals surface area contributed by atoms with Crippen molar-refractivity contribution in [1.82, 2.24) is 10.6 Å². The van der Waals surface area contributed by atoms with Crippen LogP contribution in [0.15, 0.2) is 0 Å². The zero-order chi connectivity index (χ0) is 10.5. The Morgan fingerprint density at radius 3 is 2.46 bits per heavy atom. The Morgan fingerprint density at radius 2 is 2.15 bits per heavy atom. The predicted molar refractivity (Wildman–Crippen MR) is 52.4 cm³/mol. The van der Waals surface area contributed by atoms with Crippen molar-refractivity contribution in [1.29, 1.82) is 0 Å². The molecule has 0 aromatic rings. The van der Waals surface area contributed by atoms with Crippen LogP contribution in [-0.4, -0.2) is 36.2 Å². The highest BCUT2D eigenvalue weighted by Gasteiger charge is 2.24. The molecule has 0 heterocycles. The number of amides is 1. The van der Waals surface area contributed by atoms with Crippen LogP contribution < -0.4 is 10.6 Å². The van der Waals surface area contributed by atoms with Crippen LogP contribution in [0, 0.1) is 0 Å². The highest BCUT2D eigenvalue weighted by atomic mass is 16.3. The zero-order valence-electron chi connectivity index (χ0n) is 8.85. The molecule has 0 bridgehead atoms. The van der Waals surface area contributed by atoms with E-state index in [1.54, 1.807) is 14.0 Å². The number of aliphatic hydroxyl groups excluding tert-OH is 1. The molecule has 0 saturated carbocycles. The molecule has 4 nitrogen and oxygen atoms in total. The fourth-order valence-electron chi connectivity index (χ4n) is 0.776. The minimum Gasteiger partial charge on any atom is -0.394 e. The largest absolute Gasteiger partial charge is 0.394 e. The third-order valence-corrected chi connectivity index (χ3v) is 2.38. The van der Waals surface area contributed by atoms with E-state index in [2.05, 4.69) is 10.6 Å². The second kappa shape index (κ2) is 5.19. The first-order valence-corrected chi connectivity index (χ1v) is 4.59. The number of carbonyl (C=O) groups is 1. The molecule has 0 aromatic carbocycles. The molecule has 13 heavy (non-hydrogen) atoms. The van der Waals surface area contributed by atoms with Gasteiger partial charge >= 0.3 is 0 Å². The lowest BCUT2D eigenvalue weighted by molar-refractivity contribution is -0.125. The Hall–Kier alpha value is -0.610. The molecule has 2 atom stereocenters. The first-order chi connectivity index (χ1) is 5.99. The summed E-state index contributed by atoms with van der Waals surface area (Å²) in [6.07, 6.45) is 0.714. The minimum atomic E-state index is -0.498. The highest BCUT2D eigenvalue weighted by molar-refractivity contribution is 5.81. The van der Waals surface area contributed by atoms with Crippen molar-refractivity contribution >= 4 is 5.91 Å². The van der Waals surface area contributed by atoms with Crippen molar-refractivity contribution in [2.45, 2.75) is 38.8 Å². The maximum absolute atomic E-state index is 11.4. The molecule has 0 saturated heterocycles. The summed E-state index contributed by atoms with van der Waals surface area (Å²) in [5.74, 6) is -0.0825. The standard InChI is InChI=1S/C9H20N2O2/c1-5-9(3,6-12)11-8(13)7(2)10-4/h7,10,12H,5-6H2,1-4H3,(H,11,13). The minimum absolute atomic E-state index is 0.0360. The second-order valence-corrected chi connectivity index (χ2v) is 3.57. The SMILES string of the molecule is CCC(C)(CO)NC(=O)C(C)NC. The van der Waals surface area contributed by atoms with E-state index in [0.29, 0.717) is 6.42 Å². The van der Waals surface area contributed by atoms with E-state index < -0.39 is 5.54 Å². The van der Waals surface area contributed by atoms with Gasteiger partial charge in [-0.2, -0.15) is 0 Å². The van der Waals surface area contributed by atoms with Crippen LogP contribution in [0.3, 0.4) is 0 Å². The van der Waals surface area contributed by atoms with Crippen LogP contribution in [0.1, 0.15) is 27.2 Å². The fourth-order valence-corrected chi connectivity index (χ4v) is 0.776. The molecule has 1 amide bonds. The monoisotopic (exact) mass is 188 g/mol. The van der Waals surface area contributed by atoms with Crippen LogP contribution in [0.5, 0.6) is 0 Å². The Labute approximate surface area is 79.7 Å². The average molecular weight is 188 g/mol. The highest BCUT2D eigenvalue weighted by Crippen LogP contribution is 2.07. The number of likely N-dealkylation sites (N-methyl/N-ethyl adjacent to an activating group) is 1. The van der Waals surface area contributed by atoms with Gasteiger partial charge in [-0.3, -0.25) is 4.79 Å². The lowest BCUT2D eigenvalue weighted by Gasteiger charge is -2.28. The van der Waals surface area contributed by atoms with Gasteiger partial charge < -0.3 is 15.7 Å². The number of aliphatic hydroxyl groups is 1. The number of rotatable bonds is 5. The summed E-state index contributed by atoms with van der Waals surface area (Å²) in [7, 11) is 1.73. The van der Waals surface area contributed by atoms with E-state index in [4.69, 9.17) is 5.11 Å². The van der Waals surface area contributed by atoms with E-state index >= 15 is 0 Å². The molecule has 3 N–H and O–H groups in total. The van der Waals surface area contributed by atoms with Gasteiger partial charge in [0.2, 0.25) is 5.91 Å². The average Bonchev–Trinajstić information content (AvgIpc) is 2.16.